The van der Waals surface area contributed by atoms with Crippen molar-refractivity contribution in [3.05, 3.63) is 59.4 Å². The summed E-state index contributed by atoms with van der Waals surface area (Å²) in [7, 11) is 0. The maximum absolute atomic E-state index is 12.0. The van der Waals surface area contributed by atoms with E-state index in [-0.39, 0.29) is 5.91 Å². The highest BCUT2D eigenvalue weighted by atomic mass is 35.5. The molecule has 0 aliphatic heterocycles. The predicted molar refractivity (Wildman–Crippen MR) is 98.7 cm³/mol. The van der Waals surface area contributed by atoms with Crippen LogP contribution in [0.25, 0.3) is 5.69 Å². The molecule has 8 heteroatoms. The number of halogens is 1. The number of aromatic nitrogens is 4. The lowest BCUT2D eigenvalue weighted by molar-refractivity contribution is -0.116. The molecule has 1 amide bonds. The minimum atomic E-state index is -0.0587. The molecule has 0 fully saturated rings. The molecule has 0 bridgehead atoms. The number of hydrogen-bond donors (Lipinski definition) is 1. The number of rotatable bonds is 7. The van der Waals surface area contributed by atoms with Gasteiger partial charge in [-0.1, -0.05) is 11.6 Å². The van der Waals surface area contributed by atoms with Crippen molar-refractivity contribution in [1.29, 1.82) is 0 Å². The number of carbonyl (C=O) groups is 1. The molecule has 0 radical (unpaired) electrons. The zero-order valence-electron chi connectivity index (χ0n) is 14.2. The van der Waals surface area contributed by atoms with Crippen LogP contribution in [0.2, 0.25) is 5.02 Å². The molecule has 134 valence electrons. The highest BCUT2D eigenvalue weighted by Crippen LogP contribution is 2.22. The summed E-state index contributed by atoms with van der Waals surface area (Å²) in [5, 5.41) is 14.5. The van der Waals surface area contributed by atoms with Gasteiger partial charge in [-0.25, -0.2) is 4.68 Å². The normalized spacial score (nSPS) is 10.5. The van der Waals surface area contributed by atoms with Crippen LogP contribution < -0.4 is 10.1 Å². The Bertz CT molecular complexity index is 866. The highest BCUT2D eigenvalue weighted by molar-refractivity contribution is 6.30. The maximum atomic E-state index is 12.0. The van der Waals surface area contributed by atoms with E-state index in [0.717, 1.165) is 22.7 Å². The monoisotopic (exact) mass is 371 g/mol. The minimum absolute atomic E-state index is 0.0587. The summed E-state index contributed by atoms with van der Waals surface area (Å²) in [6.07, 6.45) is 2.51. The van der Waals surface area contributed by atoms with E-state index in [0.29, 0.717) is 24.5 Å². The number of amides is 1. The summed E-state index contributed by atoms with van der Waals surface area (Å²) in [4.78, 5) is 12.0. The van der Waals surface area contributed by atoms with E-state index < -0.39 is 0 Å². The maximum Gasteiger partial charge on any atom is 0.224 e. The largest absolute Gasteiger partial charge is 0.493 e. The van der Waals surface area contributed by atoms with Gasteiger partial charge >= 0.3 is 0 Å². The number of anilines is 1. The Hall–Kier alpha value is -2.93. The van der Waals surface area contributed by atoms with Crippen molar-refractivity contribution in [1.82, 2.24) is 20.2 Å². The first-order valence-electron chi connectivity index (χ1n) is 8.14. The fraction of sp³-hybridized carbons (Fsp3) is 0.222. The topological polar surface area (TPSA) is 81.9 Å². The summed E-state index contributed by atoms with van der Waals surface area (Å²) >= 11 is 5.92. The van der Waals surface area contributed by atoms with E-state index in [1.807, 2.05) is 43.3 Å². The first kappa shape index (κ1) is 17.9. The summed E-state index contributed by atoms with van der Waals surface area (Å²) in [6, 6.07) is 12.8. The van der Waals surface area contributed by atoms with Crippen LogP contribution >= 0.6 is 11.6 Å². The van der Waals surface area contributed by atoms with Crippen molar-refractivity contribution >= 4 is 23.2 Å². The summed E-state index contributed by atoms with van der Waals surface area (Å²) < 4.78 is 7.23. The number of aryl methyl sites for hydroxylation is 1. The van der Waals surface area contributed by atoms with E-state index in [9.17, 15) is 4.79 Å². The SMILES string of the molecule is Cc1cc(Cl)ccc1OCCCC(=O)Nc1ccc(-n2cnnn2)cc1. The van der Waals surface area contributed by atoms with Crippen LogP contribution in [0.15, 0.2) is 48.8 Å². The molecule has 0 aliphatic carbocycles. The van der Waals surface area contributed by atoms with Gasteiger partial charge in [-0.2, -0.15) is 0 Å². The van der Waals surface area contributed by atoms with Crippen molar-refractivity contribution in [3.63, 3.8) is 0 Å². The van der Waals surface area contributed by atoms with Gasteiger partial charge in [0, 0.05) is 17.1 Å². The Morgan fingerprint density at radius 3 is 2.73 bits per heavy atom. The summed E-state index contributed by atoms with van der Waals surface area (Å²) in [5.74, 6) is 0.726. The Morgan fingerprint density at radius 2 is 2.04 bits per heavy atom. The molecule has 0 unspecified atom stereocenters. The van der Waals surface area contributed by atoms with Crippen LogP contribution in [0.5, 0.6) is 5.75 Å². The number of nitrogens with zero attached hydrogens (tertiary/aromatic N) is 4. The van der Waals surface area contributed by atoms with Crippen LogP contribution in [0.3, 0.4) is 0 Å². The zero-order chi connectivity index (χ0) is 18.4. The molecular weight excluding hydrogens is 354 g/mol. The Morgan fingerprint density at radius 1 is 1.23 bits per heavy atom. The lowest BCUT2D eigenvalue weighted by Gasteiger charge is -2.10. The Kier molecular flexibility index (Phi) is 5.80. The van der Waals surface area contributed by atoms with Crippen LogP contribution in [0, 0.1) is 6.92 Å². The van der Waals surface area contributed by atoms with Crippen molar-refractivity contribution in [2.75, 3.05) is 11.9 Å². The molecule has 26 heavy (non-hydrogen) atoms. The van der Waals surface area contributed by atoms with Gasteiger partial charge in [-0.3, -0.25) is 4.79 Å². The molecule has 3 rings (SSSR count). The third-order valence-electron chi connectivity index (χ3n) is 3.71. The number of carbonyl (C=O) groups excluding carboxylic acids is 1. The van der Waals surface area contributed by atoms with Gasteiger partial charge < -0.3 is 10.1 Å². The highest BCUT2D eigenvalue weighted by Gasteiger charge is 2.05. The first-order valence-corrected chi connectivity index (χ1v) is 8.52. The van der Waals surface area contributed by atoms with E-state index in [4.69, 9.17) is 16.3 Å². The second-order valence-corrected chi connectivity index (χ2v) is 6.15. The van der Waals surface area contributed by atoms with Gasteiger partial charge in [0.2, 0.25) is 5.91 Å². The molecule has 7 nitrogen and oxygen atoms in total. The standard InChI is InChI=1S/C18H18ClN5O2/c1-13-11-14(19)4-9-17(13)26-10-2-3-18(25)21-15-5-7-16(8-6-15)24-12-20-22-23-24/h4-9,11-12H,2-3,10H2,1H3,(H,21,25). The lowest BCUT2D eigenvalue weighted by atomic mass is 10.2. The van der Waals surface area contributed by atoms with Crippen molar-refractivity contribution in [3.8, 4) is 11.4 Å². The fourth-order valence-electron chi connectivity index (χ4n) is 2.39. The van der Waals surface area contributed by atoms with Gasteiger partial charge in [-0.05, 0) is 71.8 Å². The molecule has 0 saturated carbocycles. The quantitative estimate of drug-likeness (QED) is 0.643. The minimum Gasteiger partial charge on any atom is -0.493 e. The van der Waals surface area contributed by atoms with Gasteiger partial charge in [0.1, 0.15) is 12.1 Å². The third-order valence-corrected chi connectivity index (χ3v) is 3.94. The average Bonchev–Trinajstić information content (AvgIpc) is 3.15. The number of benzene rings is 2. The predicted octanol–water partition coefficient (Wildman–Crippen LogP) is 3.42. The molecule has 0 saturated heterocycles. The second-order valence-electron chi connectivity index (χ2n) is 5.71. The van der Waals surface area contributed by atoms with Crippen molar-refractivity contribution in [2.45, 2.75) is 19.8 Å². The van der Waals surface area contributed by atoms with Crippen LogP contribution in [-0.2, 0) is 4.79 Å². The molecule has 3 aromatic rings. The van der Waals surface area contributed by atoms with Crippen LogP contribution in [0.1, 0.15) is 18.4 Å². The van der Waals surface area contributed by atoms with Gasteiger partial charge in [0.05, 0.1) is 12.3 Å². The van der Waals surface area contributed by atoms with E-state index in [1.54, 1.807) is 10.7 Å². The Balaban J connectivity index is 1.42. The number of tetrazole rings is 1. The number of ether oxygens (including phenoxy) is 1. The fourth-order valence-corrected chi connectivity index (χ4v) is 2.62. The van der Waals surface area contributed by atoms with E-state index in [2.05, 4.69) is 20.8 Å². The summed E-state index contributed by atoms with van der Waals surface area (Å²) in [6.45, 7) is 2.40. The molecule has 1 heterocycles. The molecule has 0 aliphatic rings. The third kappa shape index (κ3) is 4.80. The van der Waals surface area contributed by atoms with Crippen molar-refractivity contribution < 1.29 is 9.53 Å². The molecule has 1 N–H and O–H groups in total. The van der Waals surface area contributed by atoms with Gasteiger partial charge in [-0.15, -0.1) is 5.10 Å². The van der Waals surface area contributed by atoms with E-state index in [1.165, 1.54) is 6.33 Å². The average molecular weight is 372 g/mol. The zero-order valence-corrected chi connectivity index (χ0v) is 15.0. The summed E-state index contributed by atoms with van der Waals surface area (Å²) in [5.41, 5.74) is 2.52. The second kappa shape index (κ2) is 8.44. The number of hydrogen-bond acceptors (Lipinski definition) is 5. The number of nitrogens with one attached hydrogen (secondary N) is 1. The van der Waals surface area contributed by atoms with Crippen LogP contribution in [-0.4, -0.2) is 32.7 Å². The smallest absolute Gasteiger partial charge is 0.224 e. The van der Waals surface area contributed by atoms with Gasteiger partial charge in [0.25, 0.3) is 0 Å². The van der Waals surface area contributed by atoms with Gasteiger partial charge in [0.15, 0.2) is 0 Å². The molecule has 2 aromatic carbocycles. The molecule has 0 spiro atoms. The molecule has 0 atom stereocenters. The van der Waals surface area contributed by atoms with E-state index >= 15 is 0 Å². The molecule has 1 aromatic heterocycles. The molecular formula is C18H18ClN5O2. The van der Waals surface area contributed by atoms with Crippen LogP contribution in [0.4, 0.5) is 5.69 Å². The van der Waals surface area contributed by atoms with Crippen molar-refractivity contribution in [2.24, 2.45) is 0 Å². The first-order chi connectivity index (χ1) is 12.6. The lowest BCUT2D eigenvalue weighted by Crippen LogP contribution is -2.13. The Labute approximate surface area is 155 Å².